The van der Waals surface area contributed by atoms with Crippen molar-refractivity contribution in [3.05, 3.63) is 48.0 Å². The minimum absolute atomic E-state index is 0.0536. The van der Waals surface area contributed by atoms with E-state index in [1.54, 1.807) is 0 Å². The average Bonchev–Trinajstić information content (AvgIpc) is 2.71. The summed E-state index contributed by atoms with van der Waals surface area (Å²) >= 11 is 0. The first-order valence-electron chi connectivity index (χ1n) is 5.92. The Bertz CT molecular complexity index is 563. The molecule has 3 rings (SSSR count). The van der Waals surface area contributed by atoms with Crippen LogP contribution in [-0.4, -0.2) is 14.7 Å². The van der Waals surface area contributed by atoms with Gasteiger partial charge in [-0.05, 0) is 24.8 Å². The zero-order valence-electron chi connectivity index (χ0n) is 9.89. The molecule has 1 atom stereocenters. The van der Waals surface area contributed by atoms with Crippen LogP contribution in [0.25, 0.3) is 0 Å². The summed E-state index contributed by atoms with van der Waals surface area (Å²) in [7, 11) is -3.08. The number of rotatable bonds is 2. The van der Waals surface area contributed by atoms with E-state index >= 15 is 0 Å². The van der Waals surface area contributed by atoms with E-state index in [-0.39, 0.29) is 5.41 Å². The molecular weight excluding hydrogens is 232 g/mol. The predicted octanol–water partition coefficient (Wildman–Crippen LogP) is 2.67. The van der Waals surface area contributed by atoms with Crippen LogP contribution in [0, 0.1) is 5.41 Å². The zero-order valence-corrected chi connectivity index (χ0v) is 10.7. The van der Waals surface area contributed by atoms with Crippen molar-refractivity contribution in [2.45, 2.75) is 24.0 Å². The Labute approximate surface area is 102 Å². The third-order valence-electron chi connectivity index (χ3n) is 4.38. The summed E-state index contributed by atoms with van der Waals surface area (Å²) in [6.07, 6.45) is 8.19. The number of allylic oxidation sites excluding steroid dienone is 2. The van der Waals surface area contributed by atoms with Crippen molar-refractivity contribution in [1.29, 1.82) is 0 Å². The lowest BCUT2D eigenvalue weighted by Crippen LogP contribution is -2.26. The van der Waals surface area contributed by atoms with Crippen molar-refractivity contribution >= 4 is 9.84 Å². The van der Waals surface area contributed by atoms with Crippen molar-refractivity contribution in [1.82, 2.24) is 0 Å². The summed E-state index contributed by atoms with van der Waals surface area (Å²) in [6.45, 7) is 0. The molecule has 0 aliphatic heterocycles. The monoisotopic (exact) mass is 248 g/mol. The molecule has 1 unspecified atom stereocenters. The predicted molar refractivity (Wildman–Crippen MR) is 68.4 cm³/mol. The van der Waals surface area contributed by atoms with Gasteiger partial charge in [0, 0.05) is 11.7 Å². The number of sulfone groups is 1. The van der Waals surface area contributed by atoms with Crippen molar-refractivity contribution in [3.63, 3.8) is 0 Å². The summed E-state index contributed by atoms with van der Waals surface area (Å²) in [4.78, 5) is 0. The lowest BCUT2D eigenvalue weighted by Gasteiger charge is -2.21. The molecular formula is C14H16O2S. The molecule has 2 aliphatic carbocycles. The quantitative estimate of drug-likeness (QED) is 0.754. The summed E-state index contributed by atoms with van der Waals surface area (Å²) in [5.41, 5.74) is 0.910. The molecule has 2 nitrogen and oxygen atoms in total. The molecule has 2 aliphatic rings. The minimum Gasteiger partial charge on any atom is -0.228 e. The van der Waals surface area contributed by atoms with Gasteiger partial charge in [0.15, 0.2) is 9.84 Å². The molecule has 3 heteroatoms. The molecule has 1 saturated carbocycles. The van der Waals surface area contributed by atoms with E-state index in [1.807, 2.05) is 30.3 Å². The molecule has 0 heterocycles. The van der Waals surface area contributed by atoms with Gasteiger partial charge in [-0.2, -0.15) is 0 Å². The smallest absolute Gasteiger partial charge is 0.157 e. The highest BCUT2D eigenvalue weighted by Crippen LogP contribution is 2.72. The Morgan fingerprint density at radius 2 is 1.65 bits per heavy atom. The Hall–Kier alpha value is -1.09. The molecule has 0 N–H and O–H groups in total. The Morgan fingerprint density at radius 3 is 2.18 bits per heavy atom. The summed E-state index contributed by atoms with van der Waals surface area (Å²) in [5, 5.41) is 0. The van der Waals surface area contributed by atoms with E-state index in [2.05, 4.69) is 12.2 Å². The summed E-state index contributed by atoms with van der Waals surface area (Å²) in [6, 6.07) is 9.69. The molecule has 1 aromatic rings. The average molecular weight is 248 g/mol. The van der Waals surface area contributed by atoms with Crippen LogP contribution in [0.1, 0.15) is 24.8 Å². The summed E-state index contributed by atoms with van der Waals surface area (Å²) in [5.74, 6) is 0. The van der Waals surface area contributed by atoms with Gasteiger partial charge in [-0.3, -0.25) is 0 Å². The standard InChI is InChI=1S/C14H16O2S/c1-17(15,16)14(12-7-3-2-4-8-12)11-13(14)9-5-6-10-13/h2-8H,9-11H2,1H3. The third-order valence-corrected chi connectivity index (χ3v) is 6.45. The second kappa shape index (κ2) is 3.22. The molecule has 0 amide bonds. The number of hydrogen-bond donors (Lipinski definition) is 0. The van der Waals surface area contributed by atoms with Crippen molar-refractivity contribution in [2.24, 2.45) is 5.41 Å². The highest BCUT2D eigenvalue weighted by molar-refractivity contribution is 7.92. The van der Waals surface area contributed by atoms with Gasteiger partial charge in [-0.1, -0.05) is 42.5 Å². The van der Waals surface area contributed by atoms with E-state index in [4.69, 9.17) is 0 Å². The first kappa shape index (κ1) is 11.0. The Kier molecular flexibility index (Phi) is 2.09. The second-order valence-electron chi connectivity index (χ2n) is 5.30. The van der Waals surface area contributed by atoms with E-state index < -0.39 is 14.6 Å². The van der Waals surface area contributed by atoms with Gasteiger partial charge < -0.3 is 0 Å². The fourth-order valence-corrected chi connectivity index (χ4v) is 5.52. The maximum absolute atomic E-state index is 12.2. The Balaban J connectivity index is 2.14. The van der Waals surface area contributed by atoms with Crippen LogP contribution in [0.3, 0.4) is 0 Å². The largest absolute Gasteiger partial charge is 0.228 e. The Morgan fingerprint density at radius 1 is 1.06 bits per heavy atom. The van der Waals surface area contributed by atoms with E-state index in [0.717, 1.165) is 24.8 Å². The van der Waals surface area contributed by atoms with Crippen LogP contribution in [0.15, 0.2) is 42.5 Å². The fourth-order valence-electron chi connectivity index (χ4n) is 3.46. The highest BCUT2D eigenvalue weighted by atomic mass is 32.2. The molecule has 1 fully saturated rings. The van der Waals surface area contributed by atoms with Crippen LogP contribution < -0.4 is 0 Å². The van der Waals surface area contributed by atoms with Gasteiger partial charge >= 0.3 is 0 Å². The van der Waals surface area contributed by atoms with Crippen molar-refractivity contribution in [2.75, 3.05) is 6.26 Å². The van der Waals surface area contributed by atoms with Crippen molar-refractivity contribution < 1.29 is 8.42 Å². The van der Waals surface area contributed by atoms with Crippen LogP contribution in [0.4, 0.5) is 0 Å². The maximum atomic E-state index is 12.2. The molecule has 90 valence electrons. The van der Waals surface area contributed by atoms with E-state index in [0.29, 0.717) is 0 Å². The molecule has 1 spiro atoms. The topological polar surface area (TPSA) is 34.1 Å². The van der Waals surface area contributed by atoms with Gasteiger partial charge in [0.25, 0.3) is 0 Å². The third kappa shape index (κ3) is 1.29. The maximum Gasteiger partial charge on any atom is 0.157 e. The first-order chi connectivity index (χ1) is 8.02. The first-order valence-corrected chi connectivity index (χ1v) is 7.81. The van der Waals surface area contributed by atoms with Crippen LogP contribution in [-0.2, 0) is 14.6 Å². The minimum atomic E-state index is -3.08. The van der Waals surface area contributed by atoms with Gasteiger partial charge in [0.05, 0.1) is 0 Å². The van der Waals surface area contributed by atoms with Crippen LogP contribution in [0.5, 0.6) is 0 Å². The normalized spacial score (nSPS) is 29.7. The van der Waals surface area contributed by atoms with Crippen LogP contribution >= 0.6 is 0 Å². The fraction of sp³-hybridized carbons (Fsp3) is 0.429. The van der Waals surface area contributed by atoms with Gasteiger partial charge in [-0.25, -0.2) is 8.42 Å². The van der Waals surface area contributed by atoms with E-state index in [9.17, 15) is 8.42 Å². The zero-order chi connectivity index (χ0) is 12.1. The lowest BCUT2D eigenvalue weighted by atomic mass is 9.96. The van der Waals surface area contributed by atoms with Gasteiger partial charge in [0.1, 0.15) is 4.75 Å². The molecule has 0 bridgehead atoms. The second-order valence-corrected chi connectivity index (χ2v) is 7.54. The molecule has 1 aromatic carbocycles. The van der Waals surface area contributed by atoms with Gasteiger partial charge in [-0.15, -0.1) is 0 Å². The highest BCUT2D eigenvalue weighted by Gasteiger charge is 2.73. The molecule has 0 saturated heterocycles. The lowest BCUT2D eigenvalue weighted by molar-refractivity contribution is 0.492. The van der Waals surface area contributed by atoms with Gasteiger partial charge in [0.2, 0.25) is 0 Å². The molecule has 0 aromatic heterocycles. The van der Waals surface area contributed by atoms with E-state index in [1.165, 1.54) is 6.26 Å². The SMILES string of the molecule is CS(=O)(=O)C1(c2ccccc2)CC12CC=CC2. The number of benzene rings is 1. The molecule has 17 heavy (non-hydrogen) atoms. The number of hydrogen-bond acceptors (Lipinski definition) is 2. The molecule has 0 radical (unpaired) electrons. The van der Waals surface area contributed by atoms with Crippen molar-refractivity contribution in [3.8, 4) is 0 Å². The summed E-state index contributed by atoms with van der Waals surface area (Å²) < 4.78 is 23.9. The van der Waals surface area contributed by atoms with Crippen LogP contribution in [0.2, 0.25) is 0 Å².